The highest BCUT2D eigenvalue weighted by Gasteiger charge is 2.20. The maximum atomic E-state index is 12.1. The van der Waals surface area contributed by atoms with Crippen molar-refractivity contribution in [1.82, 2.24) is 14.0 Å². The van der Waals surface area contributed by atoms with E-state index >= 15 is 0 Å². The van der Waals surface area contributed by atoms with Crippen LogP contribution < -0.4 is 16.6 Å². The van der Waals surface area contributed by atoms with Crippen LogP contribution in [-0.4, -0.2) is 39.7 Å². The summed E-state index contributed by atoms with van der Waals surface area (Å²) in [5, 5.41) is 12.5. The van der Waals surface area contributed by atoms with Crippen molar-refractivity contribution >= 4 is 5.82 Å². The van der Waals surface area contributed by atoms with Gasteiger partial charge in [0.25, 0.3) is 5.56 Å². The lowest BCUT2D eigenvalue weighted by Gasteiger charge is -2.31. The van der Waals surface area contributed by atoms with Crippen molar-refractivity contribution in [2.45, 2.75) is 40.2 Å². The number of aromatic nitrogens is 2. The third-order valence-corrected chi connectivity index (χ3v) is 4.35. The maximum absolute atomic E-state index is 12.1. The standard InChI is InChI=1S/C17H29N5O2/c1-7-22(8-2)13(9-12(3)4)11-19-15-14(10-18)16(23)21(6)17(24)20(15)5/h12-13,19H,7-9,11H2,1-6H3/t13-/m0/s1. The van der Waals surface area contributed by atoms with E-state index in [0.29, 0.717) is 18.3 Å². The highest BCUT2D eigenvalue weighted by molar-refractivity contribution is 5.51. The number of hydrogen-bond donors (Lipinski definition) is 1. The molecule has 7 heteroatoms. The number of nitriles is 1. The van der Waals surface area contributed by atoms with Gasteiger partial charge in [-0.05, 0) is 25.4 Å². The second-order valence-electron chi connectivity index (χ2n) is 6.43. The van der Waals surface area contributed by atoms with E-state index in [9.17, 15) is 14.9 Å². The average Bonchev–Trinajstić information content (AvgIpc) is 2.55. The molecule has 1 N–H and O–H groups in total. The van der Waals surface area contributed by atoms with E-state index in [0.717, 1.165) is 24.1 Å². The first-order chi connectivity index (χ1) is 11.3. The van der Waals surface area contributed by atoms with Crippen LogP contribution in [0.15, 0.2) is 9.59 Å². The molecule has 0 aliphatic rings. The lowest BCUT2D eigenvalue weighted by atomic mass is 10.0. The Morgan fingerprint density at radius 1 is 1.17 bits per heavy atom. The molecule has 0 bridgehead atoms. The van der Waals surface area contributed by atoms with Gasteiger partial charge in [0, 0.05) is 26.7 Å². The molecule has 134 valence electrons. The van der Waals surface area contributed by atoms with E-state index in [2.05, 4.69) is 37.9 Å². The zero-order valence-electron chi connectivity index (χ0n) is 15.6. The van der Waals surface area contributed by atoms with Crippen LogP contribution in [0.3, 0.4) is 0 Å². The zero-order chi connectivity index (χ0) is 18.4. The van der Waals surface area contributed by atoms with Gasteiger partial charge in [-0.15, -0.1) is 0 Å². The molecule has 1 aromatic rings. The van der Waals surface area contributed by atoms with Crippen LogP contribution in [0.1, 0.15) is 39.7 Å². The molecular formula is C17H29N5O2. The fourth-order valence-corrected chi connectivity index (χ4v) is 3.01. The second kappa shape index (κ2) is 8.69. The summed E-state index contributed by atoms with van der Waals surface area (Å²) in [6.45, 7) is 11.0. The third kappa shape index (κ3) is 4.26. The first kappa shape index (κ1) is 20.0. The number of likely N-dealkylation sites (N-methyl/N-ethyl adjacent to an activating group) is 1. The van der Waals surface area contributed by atoms with Gasteiger partial charge in [-0.3, -0.25) is 18.8 Å². The van der Waals surface area contributed by atoms with Crippen molar-refractivity contribution in [1.29, 1.82) is 5.26 Å². The number of anilines is 1. The molecule has 0 saturated carbocycles. The Morgan fingerprint density at radius 2 is 1.75 bits per heavy atom. The molecule has 0 unspecified atom stereocenters. The number of nitrogens with zero attached hydrogens (tertiary/aromatic N) is 4. The van der Waals surface area contributed by atoms with Crippen LogP contribution in [0.4, 0.5) is 5.82 Å². The van der Waals surface area contributed by atoms with Crippen LogP contribution >= 0.6 is 0 Å². The van der Waals surface area contributed by atoms with Crippen LogP contribution in [0, 0.1) is 17.2 Å². The Labute approximate surface area is 143 Å². The molecule has 1 rings (SSSR count). The SMILES string of the molecule is CCN(CC)[C@H](CNc1c(C#N)c(=O)n(C)c(=O)n1C)CC(C)C. The van der Waals surface area contributed by atoms with Gasteiger partial charge < -0.3 is 5.32 Å². The number of hydrogen-bond acceptors (Lipinski definition) is 5. The van der Waals surface area contributed by atoms with E-state index < -0.39 is 11.2 Å². The van der Waals surface area contributed by atoms with Crippen LogP contribution in [0.2, 0.25) is 0 Å². The van der Waals surface area contributed by atoms with Crippen LogP contribution in [-0.2, 0) is 14.1 Å². The molecule has 1 aromatic heterocycles. The van der Waals surface area contributed by atoms with Gasteiger partial charge in [-0.1, -0.05) is 27.7 Å². The highest BCUT2D eigenvalue weighted by Crippen LogP contribution is 2.14. The normalized spacial score (nSPS) is 12.5. The van der Waals surface area contributed by atoms with Gasteiger partial charge in [0.2, 0.25) is 0 Å². The summed E-state index contributed by atoms with van der Waals surface area (Å²) < 4.78 is 2.29. The molecule has 1 atom stereocenters. The number of nitrogens with one attached hydrogen (secondary N) is 1. The molecular weight excluding hydrogens is 306 g/mol. The maximum Gasteiger partial charge on any atom is 0.332 e. The quantitative estimate of drug-likeness (QED) is 0.770. The lowest BCUT2D eigenvalue weighted by molar-refractivity contribution is 0.199. The van der Waals surface area contributed by atoms with Crippen LogP contribution in [0.25, 0.3) is 0 Å². The molecule has 0 spiro atoms. The van der Waals surface area contributed by atoms with Crippen molar-refractivity contribution in [3.8, 4) is 6.07 Å². The van der Waals surface area contributed by atoms with E-state index in [1.165, 1.54) is 11.6 Å². The summed E-state index contributed by atoms with van der Waals surface area (Å²) in [5.74, 6) is 0.826. The van der Waals surface area contributed by atoms with Gasteiger partial charge in [-0.2, -0.15) is 5.26 Å². The fraction of sp³-hybridized carbons (Fsp3) is 0.706. The fourth-order valence-electron chi connectivity index (χ4n) is 3.01. The van der Waals surface area contributed by atoms with Gasteiger partial charge in [0.1, 0.15) is 11.9 Å². The summed E-state index contributed by atoms with van der Waals surface area (Å²) in [7, 11) is 2.95. The predicted molar refractivity (Wildman–Crippen MR) is 96.3 cm³/mol. The Hall–Kier alpha value is -2.07. The molecule has 7 nitrogen and oxygen atoms in total. The Morgan fingerprint density at radius 3 is 2.21 bits per heavy atom. The summed E-state index contributed by atoms with van der Waals surface area (Å²) in [6.07, 6.45) is 0.995. The Kier molecular flexibility index (Phi) is 7.23. The minimum atomic E-state index is -0.564. The Balaban J connectivity index is 3.18. The van der Waals surface area contributed by atoms with Crippen molar-refractivity contribution in [2.75, 3.05) is 25.0 Å². The molecule has 0 radical (unpaired) electrons. The molecule has 0 fully saturated rings. The first-order valence-corrected chi connectivity index (χ1v) is 8.46. The van der Waals surface area contributed by atoms with Crippen molar-refractivity contribution in [2.24, 2.45) is 20.0 Å². The van der Waals surface area contributed by atoms with Crippen molar-refractivity contribution < 1.29 is 0 Å². The minimum Gasteiger partial charge on any atom is -0.369 e. The Bertz CT molecular complexity index is 707. The van der Waals surface area contributed by atoms with Gasteiger partial charge in [0.05, 0.1) is 0 Å². The van der Waals surface area contributed by atoms with Gasteiger partial charge in [0.15, 0.2) is 5.56 Å². The van der Waals surface area contributed by atoms with E-state index in [-0.39, 0.29) is 11.6 Å². The third-order valence-electron chi connectivity index (χ3n) is 4.35. The molecule has 24 heavy (non-hydrogen) atoms. The van der Waals surface area contributed by atoms with Crippen molar-refractivity contribution in [3.05, 3.63) is 26.4 Å². The molecule has 0 aliphatic heterocycles. The summed E-state index contributed by atoms with van der Waals surface area (Å²) in [6, 6.07) is 2.19. The minimum absolute atomic E-state index is 0.0255. The second-order valence-corrected chi connectivity index (χ2v) is 6.43. The van der Waals surface area contributed by atoms with E-state index in [1.807, 2.05) is 6.07 Å². The monoisotopic (exact) mass is 335 g/mol. The van der Waals surface area contributed by atoms with Crippen LogP contribution in [0.5, 0.6) is 0 Å². The zero-order valence-corrected chi connectivity index (χ0v) is 15.6. The largest absolute Gasteiger partial charge is 0.369 e. The summed E-state index contributed by atoms with van der Waals surface area (Å²) in [5.41, 5.74) is -1.03. The summed E-state index contributed by atoms with van der Waals surface area (Å²) >= 11 is 0. The highest BCUT2D eigenvalue weighted by atomic mass is 16.2. The average molecular weight is 335 g/mol. The predicted octanol–water partition coefficient (Wildman–Crippen LogP) is 1.12. The van der Waals surface area contributed by atoms with Crippen molar-refractivity contribution in [3.63, 3.8) is 0 Å². The first-order valence-electron chi connectivity index (χ1n) is 8.46. The molecule has 0 saturated heterocycles. The number of rotatable bonds is 8. The van der Waals surface area contributed by atoms with E-state index in [1.54, 1.807) is 7.05 Å². The molecule has 1 heterocycles. The van der Waals surface area contributed by atoms with Gasteiger partial charge in [-0.25, -0.2) is 4.79 Å². The van der Waals surface area contributed by atoms with Gasteiger partial charge >= 0.3 is 5.69 Å². The smallest absolute Gasteiger partial charge is 0.332 e. The topological polar surface area (TPSA) is 83.1 Å². The molecule has 0 amide bonds. The summed E-state index contributed by atoms with van der Waals surface area (Å²) in [4.78, 5) is 26.6. The lowest BCUT2D eigenvalue weighted by Crippen LogP contribution is -2.43. The van der Waals surface area contributed by atoms with E-state index in [4.69, 9.17) is 0 Å². The molecule has 0 aromatic carbocycles. The molecule has 0 aliphatic carbocycles.